The van der Waals surface area contributed by atoms with Crippen LogP contribution in [-0.4, -0.2) is 23.4 Å². The van der Waals surface area contributed by atoms with E-state index in [4.69, 9.17) is 9.94 Å². The Morgan fingerprint density at radius 2 is 2.14 bits per heavy atom. The summed E-state index contributed by atoms with van der Waals surface area (Å²) in [6.45, 7) is 1.59. The Hall–Kier alpha value is -2.31. The van der Waals surface area contributed by atoms with E-state index >= 15 is 0 Å². The molecule has 0 saturated heterocycles. The maximum Gasteiger partial charge on any atom is 0.416 e. The van der Waals surface area contributed by atoms with Gasteiger partial charge in [-0.15, -0.1) is 0 Å². The van der Waals surface area contributed by atoms with E-state index < -0.39 is 17.7 Å². The van der Waals surface area contributed by atoms with Crippen molar-refractivity contribution >= 4 is 17.8 Å². The molecular weight excluding hydrogens is 287 g/mol. The molecule has 114 valence electrons. The third-order valence-corrected chi connectivity index (χ3v) is 2.45. The first-order valence-corrected chi connectivity index (χ1v) is 6.10. The molecule has 0 fully saturated rings. The van der Waals surface area contributed by atoms with Crippen LogP contribution in [0.2, 0.25) is 0 Å². The van der Waals surface area contributed by atoms with Crippen LogP contribution in [0.5, 0.6) is 0 Å². The fraction of sp³-hybridized carbons (Fsp3) is 0.286. The van der Waals surface area contributed by atoms with Gasteiger partial charge in [0, 0.05) is 0 Å². The van der Waals surface area contributed by atoms with Gasteiger partial charge in [-0.1, -0.05) is 30.3 Å². The van der Waals surface area contributed by atoms with Crippen molar-refractivity contribution in [2.75, 3.05) is 6.61 Å². The topological polar surface area (TPSA) is 58.9 Å². The zero-order valence-corrected chi connectivity index (χ0v) is 11.2. The smallest absolute Gasteiger partial charge is 0.416 e. The first-order valence-electron chi connectivity index (χ1n) is 6.10. The van der Waals surface area contributed by atoms with Crippen LogP contribution in [0.1, 0.15) is 24.5 Å². The van der Waals surface area contributed by atoms with Crippen LogP contribution >= 0.6 is 0 Å². The summed E-state index contributed by atoms with van der Waals surface area (Å²) in [5.41, 5.74) is -0.489. The molecule has 0 aliphatic carbocycles. The van der Waals surface area contributed by atoms with Gasteiger partial charge >= 0.3 is 12.1 Å². The molecule has 0 aliphatic heterocycles. The molecule has 1 aromatic carbocycles. The van der Waals surface area contributed by atoms with Crippen LogP contribution in [0.25, 0.3) is 6.08 Å². The highest BCUT2D eigenvalue weighted by molar-refractivity contribution is 6.35. The maximum absolute atomic E-state index is 12.5. The van der Waals surface area contributed by atoms with Gasteiger partial charge in [0.1, 0.15) is 6.61 Å². The first kappa shape index (κ1) is 16.7. The van der Waals surface area contributed by atoms with E-state index in [1.54, 1.807) is 6.92 Å². The van der Waals surface area contributed by atoms with Gasteiger partial charge in [-0.25, -0.2) is 4.79 Å². The van der Waals surface area contributed by atoms with Crippen LogP contribution in [0.15, 0.2) is 35.5 Å². The molecule has 1 aromatic rings. The number of carboxylic acid groups (broad SMARTS) is 1. The first-order chi connectivity index (χ1) is 9.84. The highest BCUT2D eigenvalue weighted by Crippen LogP contribution is 2.29. The summed E-state index contributed by atoms with van der Waals surface area (Å²) in [7, 11) is 0. The Bertz CT molecular complexity index is 551. The number of carbonyl (C=O) groups is 1. The molecule has 1 N–H and O–H groups in total. The maximum atomic E-state index is 12.5. The zero-order valence-electron chi connectivity index (χ0n) is 11.2. The van der Waals surface area contributed by atoms with E-state index in [-0.39, 0.29) is 18.7 Å². The quantitative estimate of drug-likeness (QED) is 0.496. The second-order valence-electron chi connectivity index (χ2n) is 4.02. The fourth-order valence-corrected chi connectivity index (χ4v) is 1.42. The van der Waals surface area contributed by atoms with E-state index in [0.717, 1.165) is 12.1 Å². The zero-order chi connectivity index (χ0) is 15.9. The normalized spacial score (nSPS) is 12.7. The third kappa shape index (κ3) is 5.68. The molecule has 4 nitrogen and oxygen atoms in total. The molecule has 21 heavy (non-hydrogen) atoms. The minimum absolute atomic E-state index is 0.0347. The predicted octanol–water partition coefficient (Wildman–Crippen LogP) is 3.59. The summed E-state index contributed by atoms with van der Waals surface area (Å²) in [4.78, 5) is 15.4. The lowest BCUT2D eigenvalue weighted by Crippen LogP contribution is -2.12. The number of halogens is 3. The molecule has 0 heterocycles. The van der Waals surface area contributed by atoms with Gasteiger partial charge in [0.2, 0.25) is 0 Å². The number of benzene rings is 1. The number of nitrogens with zero attached hydrogens (tertiary/aromatic N) is 1. The standard InChI is InChI=1S/C14H14F3NO3/c1-2-12(13(19)20)18-21-8-4-6-10-5-3-7-11(9-10)14(15,16)17/h3-7,9H,2,8H2,1H3,(H,19,20). The van der Waals surface area contributed by atoms with Gasteiger partial charge in [-0.05, 0) is 30.2 Å². The number of alkyl halides is 3. The summed E-state index contributed by atoms with van der Waals surface area (Å²) < 4.78 is 37.5. The number of hydrogen-bond acceptors (Lipinski definition) is 3. The van der Waals surface area contributed by atoms with E-state index in [0.29, 0.717) is 5.56 Å². The van der Waals surface area contributed by atoms with Gasteiger partial charge in [0.15, 0.2) is 5.71 Å². The van der Waals surface area contributed by atoms with Gasteiger partial charge in [-0.3, -0.25) is 0 Å². The molecular formula is C14H14F3NO3. The summed E-state index contributed by atoms with van der Waals surface area (Å²) in [5.74, 6) is -1.17. The second kappa shape index (κ2) is 7.47. The lowest BCUT2D eigenvalue weighted by Gasteiger charge is -2.06. The lowest BCUT2D eigenvalue weighted by atomic mass is 10.1. The summed E-state index contributed by atoms with van der Waals surface area (Å²) in [6, 6.07) is 4.82. The average molecular weight is 301 g/mol. The van der Waals surface area contributed by atoms with Crippen LogP contribution in [-0.2, 0) is 15.8 Å². The molecule has 0 spiro atoms. The van der Waals surface area contributed by atoms with E-state index in [9.17, 15) is 18.0 Å². The molecule has 0 bridgehead atoms. The van der Waals surface area contributed by atoms with Crippen molar-refractivity contribution in [1.29, 1.82) is 0 Å². The minimum Gasteiger partial charge on any atom is -0.477 e. The lowest BCUT2D eigenvalue weighted by molar-refractivity contribution is -0.137. The second-order valence-corrected chi connectivity index (χ2v) is 4.02. The highest BCUT2D eigenvalue weighted by atomic mass is 19.4. The fourth-order valence-electron chi connectivity index (χ4n) is 1.42. The minimum atomic E-state index is -4.39. The van der Waals surface area contributed by atoms with E-state index in [2.05, 4.69) is 5.16 Å². The summed E-state index contributed by atoms with van der Waals surface area (Å²) in [6.07, 6.45) is -1.28. The van der Waals surface area contributed by atoms with Gasteiger partial charge in [0.05, 0.1) is 5.56 Å². The molecule has 1 rings (SSSR count). The van der Waals surface area contributed by atoms with Crippen molar-refractivity contribution in [3.63, 3.8) is 0 Å². The molecule has 0 amide bonds. The van der Waals surface area contributed by atoms with Crippen molar-refractivity contribution in [2.24, 2.45) is 5.16 Å². The Labute approximate surface area is 119 Å². The van der Waals surface area contributed by atoms with Crippen molar-refractivity contribution in [1.82, 2.24) is 0 Å². The van der Waals surface area contributed by atoms with Crippen LogP contribution in [0.3, 0.4) is 0 Å². The largest absolute Gasteiger partial charge is 0.477 e. The number of rotatable bonds is 6. The molecule has 0 atom stereocenters. The van der Waals surface area contributed by atoms with Gasteiger partial charge in [-0.2, -0.15) is 13.2 Å². The number of oxime groups is 1. The average Bonchev–Trinajstić information content (AvgIpc) is 2.41. The number of aliphatic carboxylic acids is 1. The Kier molecular flexibility index (Phi) is 5.95. The number of carboxylic acids is 1. The summed E-state index contributed by atoms with van der Waals surface area (Å²) in [5, 5.41) is 12.1. The monoisotopic (exact) mass is 301 g/mol. The van der Waals surface area contributed by atoms with Crippen LogP contribution in [0, 0.1) is 0 Å². The van der Waals surface area contributed by atoms with E-state index in [1.807, 2.05) is 0 Å². The van der Waals surface area contributed by atoms with Crippen molar-refractivity contribution in [2.45, 2.75) is 19.5 Å². The summed E-state index contributed by atoms with van der Waals surface area (Å²) >= 11 is 0. The highest BCUT2D eigenvalue weighted by Gasteiger charge is 2.30. The molecule has 0 aromatic heterocycles. The molecule has 7 heteroatoms. The Balaban J connectivity index is 2.60. The Morgan fingerprint density at radius 1 is 1.43 bits per heavy atom. The predicted molar refractivity (Wildman–Crippen MR) is 71.8 cm³/mol. The molecule has 0 saturated carbocycles. The van der Waals surface area contributed by atoms with Crippen LogP contribution in [0.4, 0.5) is 13.2 Å². The number of hydrogen-bond donors (Lipinski definition) is 1. The van der Waals surface area contributed by atoms with Crippen molar-refractivity contribution in [3.05, 3.63) is 41.5 Å². The van der Waals surface area contributed by atoms with Gasteiger partial charge < -0.3 is 9.94 Å². The Morgan fingerprint density at radius 3 is 2.71 bits per heavy atom. The van der Waals surface area contributed by atoms with Crippen molar-refractivity contribution < 1.29 is 27.9 Å². The SMILES string of the molecule is CCC(=NOCC=Cc1cccc(C(F)(F)F)c1)C(=O)O. The third-order valence-electron chi connectivity index (χ3n) is 2.45. The molecule has 0 unspecified atom stereocenters. The van der Waals surface area contributed by atoms with Gasteiger partial charge in [0.25, 0.3) is 0 Å². The van der Waals surface area contributed by atoms with E-state index in [1.165, 1.54) is 24.3 Å². The van der Waals surface area contributed by atoms with Crippen LogP contribution < -0.4 is 0 Å². The molecule has 0 radical (unpaired) electrons. The molecule has 0 aliphatic rings. The van der Waals surface area contributed by atoms with Crippen molar-refractivity contribution in [3.8, 4) is 0 Å².